The summed E-state index contributed by atoms with van der Waals surface area (Å²) in [4.78, 5) is 23.6. The van der Waals surface area contributed by atoms with Gasteiger partial charge in [-0.2, -0.15) is 0 Å². The molecule has 0 aliphatic heterocycles. The molecule has 0 aliphatic rings. The van der Waals surface area contributed by atoms with Crippen molar-refractivity contribution in [1.29, 1.82) is 0 Å². The number of halogens is 2. The van der Waals surface area contributed by atoms with Gasteiger partial charge in [-0.05, 0) is 48.7 Å². The molecule has 2 aromatic carbocycles. The van der Waals surface area contributed by atoms with Gasteiger partial charge >= 0.3 is 5.97 Å². The van der Waals surface area contributed by atoms with E-state index in [0.29, 0.717) is 16.3 Å². The number of ether oxygens (including phenoxy) is 1. The molecule has 1 N–H and O–H groups in total. The van der Waals surface area contributed by atoms with Crippen LogP contribution in [0.2, 0.25) is 5.02 Å². The Kier molecular flexibility index (Phi) is 5.93. The van der Waals surface area contributed by atoms with E-state index in [1.54, 1.807) is 6.07 Å². The number of benzene rings is 2. The first kappa shape index (κ1) is 17.9. The quantitative estimate of drug-likeness (QED) is 0.835. The number of nitrogens with one attached hydrogen (secondary N) is 1. The van der Waals surface area contributed by atoms with Crippen molar-refractivity contribution >= 4 is 29.2 Å². The van der Waals surface area contributed by atoms with Crippen molar-refractivity contribution in [3.05, 3.63) is 63.9 Å². The SMILES string of the molecule is Cc1cc(C)c(NC(=O)COC(=O)Cc2ccc(F)cc2)c(Cl)c1. The Labute approximate surface area is 144 Å². The van der Waals surface area contributed by atoms with Crippen LogP contribution in [0.5, 0.6) is 0 Å². The van der Waals surface area contributed by atoms with Gasteiger partial charge in [0.25, 0.3) is 5.91 Å². The highest BCUT2D eigenvalue weighted by atomic mass is 35.5. The molecule has 1 amide bonds. The third-order valence-electron chi connectivity index (χ3n) is 3.32. The van der Waals surface area contributed by atoms with Crippen molar-refractivity contribution in [3.63, 3.8) is 0 Å². The molecule has 2 aromatic rings. The van der Waals surface area contributed by atoms with Crippen LogP contribution < -0.4 is 5.32 Å². The van der Waals surface area contributed by atoms with Gasteiger partial charge in [0, 0.05) is 0 Å². The molecule has 0 saturated heterocycles. The number of carbonyl (C=O) groups is 2. The fraction of sp³-hybridized carbons (Fsp3) is 0.222. The number of aryl methyl sites for hydroxylation is 2. The average Bonchev–Trinajstić information content (AvgIpc) is 2.51. The van der Waals surface area contributed by atoms with Gasteiger partial charge in [-0.3, -0.25) is 9.59 Å². The van der Waals surface area contributed by atoms with Gasteiger partial charge in [0.2, 0.25) is 0 Å². The van der Waals surface area contributed by atoms with Crippen LogP contribution in [-0.4, -0.2) is 18.5 Å². The lowest BCUT2D eigenvalue weighted by atomic mass is 10.1. The third-order valence-corrected chi connectivity index (χ3v) is 3.62. The van der Waals surface area contributed by atoms with E-state index in [1.807, 2.05) is 19.9 Å². The second kappa shape index (κ2) is 7.93. The summed E-state index contributed by atoms with van der Waals surface area (Å²) < 4.78 is 17.7. The van der Waals surface area contributed by atoms with Gasteiger partial charge in [0.15, 0.2) is 6.61 Å². The maximum absolute atomic E-state index is 12.8. The van der Waals surface area contributed by atoms with E-state index in [2.05, 4.69) is 5.32 Å². The Balaban J connectivity index is 1.87. The molecule has 0 radical (unpaired) electrons. The Morgan fingerprint density at radius 2 is 1.83 bits per heavy atom. The molecule has 0 fully saturated rings. The van der Waals surface area contributed by atoms with Crippen molar-refractivity contribution in [2.24, 2.45) is 0 Å². The summed E-state index contributed by atoms with van der Waals surface area (Å²) in [6.07, 6.45) is -0.0299. The second-order valence-electron chi connectivity index (χ2n) is 5.45. The first-order valence-electron chi connectivity index (χ1n) is 7.32. The highest BCUT2D eigenvalue weighted by Gasteiger charge is 2.12. The lowest BCUT2D eigenvalue weighted by molar-refractivity contribution is -0.146. The molecule has 0 bridgehead atoms. The molecule has 4 nitrogen and oxygen atoms in total. The molecule has 6 heteroatoms. The second-order valence-corrected chi connectivity index (χ2v) is 5.86. The highest BCUT2D eigenvalue weighted by molar-refractivity contribution is 6.34. The van der Waals surface area contributed by atoms with E-state index in [1.165, 1.54) is 24.3 Å². The third kappa shape index (κ3) is 5.06. The highest BCUT2D eigenvalue weighted by Crippen LogP contribution is 2.27. The van der Waals surface area contributed by atoms with Crippen molar-refractivity contribution in [3.8, 4) is 0 Å². The molecule has 126 valence electrons. The molecule has 0 heterocycles. The normalized spacial score (nSPS) is 10.3. The molecule has 0 aromatic heterocycles. The smallest absolute Gasteiger partial charge is 0.310 e. The van der Waals surface area contributed by atoms with Crippen molar-refractivity contribution < 1.29 is 18.7 Å². The average molecular weight is 350 g/mol. The largest absolute Gasteiger partial charge is 0.455 e. The molecule has 24 heavy (non-hydrogen) atoms. The number of anilines is 1. The molecular formula is C18H17ClFNO3. The topological polar surface area (TPSA) is 55.4 Å². The number of rotatable bonds is 5. The van der Waals surface area contributed by atoms with E-state index < -0.39 is 18.5 Å². The van der Waals surface area contributed by atoms with Crippen LogP contribution in [0.1, 0.15) is 16.7 Å². The Morgan fingerprint density at radius 3 is 2.46 bits per heavy atom. The van der Waals surface area contributed by atoms with Crippen LogP contribution in [-0.2, 0) is 20.7 Å². The molecule has 2 rings (SSSR count). The van der Waals surface area contributed by atoms with Crippen LogP contribution in [0.25, 0.3) is 0 Å². The maximum Gasteiger partial charge on any atom is 0.310 e. The molecule has 0 atom stereocenters. The molecule has 0 aliphatic carbocycles. The first-order valence-corrected chi connectivity index (χ1v) is 7.69. The zero-order valence-corrected chi connectivity index (χ0v) is 14.1. The van der Waals surface area contributed by atoms with Crippen molar-refractivity contribution in [1.82, 2.24) is 0 Å². The van der Waals surface area contributed by atoms with Gasteiger partial charge in [-0.1, -0.05) is 29.8 Å². The number of hydrogen-bond acceptors (Lipinski definition) is 3. The fourth-order valence-corrected chi connectivity index (χ4v) is 2.58. The van der Waals surface area contributed by atoms with Crippen molar-refractivity contribution in [2.45, 2.75) is 20.3 Å². The lowest BCUT2D eigenvalue weighted by Crippen LogP contribution is -2.22. The summed E-state index contributed by atoms with van der Waals surface area (Å²) >= 11 is 6.11. The van der Waals surface area contributed by atoms with E-state index >= 15 is 0 Å². The number of esters is 1. The summed E-state index contributed by atoms with van der Waals surface area (Å²) in [7, 11) is 0. The number of amides is 1. The fourth-order valence-electron chi connectivity index (χ4n) is 2.22. The zero-order valence-electron chi connectivity index (χ0n) is 13.4. The monoisotopic (exact) mass is 349 g/mol. The summed E-state index contributed by atoms with van der Waals surface area (Å²) in [6.45, 7) is 3.32. The first-order chi connectivity index (χ1) is 11.3. The van der Waals surface area contributed by atoms with Crippen molar-refractivity contribution in [2.75, 3.05) is 11.9 Å². The molecule has 0 saturated carbocycles. The van der Waals surface area contributed by atoms with Gasteiger partial charge in [-0.25, -0.2) is 4.39 Å². The minimum absolute atomic E-state index is 0.0299. The maximum atomic E-state index is 12.8. The van der Waals surface area contributed by atoms with Gasteiger partial charge in [0.05, 0.1) is 17.1 Å². The minimum Gasteiger partial charge on any atom is -0.455 e. The standard InChI is InChI=1S/C18H17ClFNO3/c1-11-7-12(2)18(15(19)8-11)21-16(22)10-24-17(23)9-13-3-5-14(20)6-4-13/h3-8H,9-10H2,1-2H3,(H,21,22). The van der Waals surface area contributed by atoms with E-state index in [-0.39, 0.29) is 12.2 Å². The predicted molar refractivity (Wildman–Crippen MR) is 90.6 cm³/mol. The van der Waals surface area contributed by atoms with Crippen LogP contribution >= 0.6 is 11.6 Å². The molecule has 0 unspecified atom stereocenters. The molecular weight excluding hydrogens is 333 g/mol. The van der Waals surface area contributed by atoms with Gasteiger partial charge in [0.1, 0.15) is 5.82 Å². The minimum atomic E-state index is -0.566. The van der Waals surface area contributed by atoms with Crippen LogP contribution in [0, 0.1) is 19.7 Å². The van der Waals surface area contributed by atoms with Gasteiger partial charge in [-0.15, -0.1) is 0 Å². The van der Waals surface area contributed by atoms with Crippen LogP contribution in [0.4, 0.5) is 10.1 Å². The van der Waals surface area contributed by atoms with Gasteiger partial charge < -0.3 is 10.1 Å². The Morgan fingerprint density at radius 1 is 1.17 bits per heavy atom. The predicted octanol–water partition coefficient (Wildman–Crippen LogP) is 3.82. The summed E-state index contributed by atoms with van der Waals surface area (Å²) in [5.41, 5.74) is 2.92. The number of hydrogen-bond donors (Lipinski definition) is 1. The zero-order chi connectivity index (χ0) is 17.7. The van der Waals surface area contributed by atoms with E-state index in [0.717, 1.165) is 11.1 Å². The van der Waals surface area contributed by atoms with E-state index in [4.69, 9.17) is 16.3 Å². The Hall–Kier alpha value is -2.40. The summed E-state index contributed by atoms with van der Waals surface area (Å²) in [6, 6.07) is 9.14. The summed E-state index contributed by atoms with van der Waals surface area (Å²) in [5, 5.41) is 3.06. The Bertz CT molecular complexity index is 736. The van der Waals surface area contributed by atoms with Crippen LogP contribution in [0.15, 0.2) is 36.4 Å². The summed E-state index contributed by atoms with van der Waals surface area (Å²) in [5.74, 6) is -1.42. The van der Waals surface area contributed by atoms with Crippen LogP contribution in [0.3, 0.4) is 0 Å². The lowest BCUT2D eigenvalue weighted by Gasteiger charge is -2.11. The molecule has 0 spiro atoms. The number of carbonyl (C=O) groups excluding carboxylic acids is 2. The van der Waals surface area contributed by atoms with E-state index in [9.17, 15) is 14.0 Å².